The minimum Gasteiger partial charge on any atom is -0.507 e. The van der Waals surface area contributed by atoms with Crippen LogP contribution in [-0.4, -0.2) is 70.1 Å². The maximum atomic E-state index is 13.4. The molecule has 1 aliphatic heterocycles. The van der Waals surface area contributed by atoms with Crippen molar-refractivity contribution in [2.24, 2.45) is 11.7 Å². The molecule has 190 valence electrons. The number of amides is 2. The molecule has 0 spiro atoms. The number of aromatic nitrogens is 2. The Morgan fingerprint density at radius 3 is 2.50 bits per heavy atom. The van der Waals surface area contributed by atoms with Gasteiger partial charge in [0.05, 0.1) is 12.1 Å². The van der Waals surface area contributed by atoms with E-state index in [0.717, 1.165) is 5.56 Å². The lowest BCUT2D eigenvalue weighted by molar-refractivity contribution is -0.159. The van der Waals surface area contributed by atoms with Gasteiger partial charge in [-0.2, -0.15) is 0 Å². The Morgan fingerprint density at radius 1 is 1.17 bits per heavy atom. The van der Waals surface area contributed by atoms with Crippen LogP contribution in [-0.2, 0) is 30.1 Å². The first-order chi connectivity index (χ1) is 17.2. The van der Waals surface area contributed by atoms with Crippen LogP contribution in [0.3, 0.4) is 0 Å². The average molecular weight is 497 g/mol. The molecule has 2 unspecified atom stereocenters. The molecule has 1 aromatic carbocycles. The number of aliphatic carboxylic acids is 1. The lowest BCUT2D eigenvalue weighted by Crippen LogP contribution is -2.64. The Bertz CT molecular complexity index is 1070. The molecule has 0 bridgehead atoms. The third kappa shape index (κ3) is 7.09. The zero-order valence-electron chi connectivity index (χ0n) is 19.9. The van der Waals surface area contributed by atoms with Crippen LogP contribution in [0, 0.1) is 5.92 Å². The van der Waals surface area contributed by atoms with Crippen molar-refractivity contribution in [1.82, 2.24) is 20.6 Å². The number of hydrogen-bond donors (Lipinski definition) is 4. The Balaban J connectivity index is 1.82. The number of rotatable bonds is 10. The summed E-state index contributed by atoms with van der Waals surface area (Å²) < 4.78 is 10.7. The van der Waals surface area contributed by atoms with Crippen molar-refractivity contribution in [3.8, 4) is 0 Å². The topological polar surface area (TPSA) is 183 Å². The van der Waals surface area contributed by atoms with E-state index in [1.165, 1.54) is 18.6 Å². The van der Waals surface area contributed by atoms with E-state index in [1.807, 2.05) is 32.0 Å². The fourth-order valence-corrected chi connectivity index (χ4v) is 3.70. The molecule has 1 saturated heterocycles. The van der Waals surface area contributed by atoms with E-state index in [0.29, 0.717) is 6.42 Å². The number of benzene rings is 1. The molecule has 36 heavy (non-hydrogen) atoms. The van der Waals surface area contributed by atoms with Gasteiger partial charge in [-0.15, -0.1) is 0 Å². The molecule has 0 radical (unpaired) electrons. The molecular weight excluding hydrogens is 469 g/mol. The van der Waals surface area contributed by atoms with E-state index in [4.69, 9.17) is 15.0 Å². The van der Waals surface area contributed by atoms with Gasteiger partial charge >= 0.3 is 19.1 Å². The Kier molecular flexibility index (Phi) is 9.09. The highest BCUT2D eigenvalue weighted by Gasteiger charge is 2.48. The Hall–Kier alpha value is -3.84. The van der Waals surface area contributed by atoms with E-state index >= 15 is 0 Å². The predicted octanol–water partition coefficient (Wildman–Crippen LogP) is -0.270. The minimum absolute atomic E-state index is 0.0123. The molecule has 12 nitrogen and oxygen atoms in total. The highest BCUT2D eigenvalue weighted by molar-refractivity contribution is 6.50. The number of carbonyl (C=O) groups is 4. The predicted molar refractivity (Wildman–Crippen MR) is 127 cm³/mol. The number of carboxylic acids is 1. The van der Waals surface area contributed by atoms with Crippen LogP contribution >= 0.6 is 0 Å². The maximum Gasteiger partial charge on any atom is 0.552 e. The van der Waals surface area contributed by atoms with Crippen molar-refractivity contribution in [1.29, 1.82) is 0 Å². The minimum atomic E-state index is -1.63. The van der Waals surface area contributed by atoms with Crippen LogP contribution in [0.4, 0.5) is 0 Å². The molecule has 4 atom stereocenters. The summed E-state index contributed by atoms with van der Waals surface area (Å²) in [5.41, 5.74) is 6.43. The van der Waals surface area contributed by atoms with E-state index in [1.54, 1.807) is 12.1 Å². The third-order valence-electron chi connectivity index (χ3n) is 5.44. The maximum absolute atomic E-state index is 13.4. The zero-order valence-corrected chi connectivity index (χ0v) is 19.9. The molecule has 5 N–H and O–H groups in total. The number of nitrogens with one attached hydrogen (secondary N) is 2. The lowest BCUT2D eigenvalue weighted by Gasteiger charge is -2.34. The summed E-state index contributed by atoms with van der Waals surface area (Å²) in [5.74, 6) is -4.43. The molecule has 1 aromatic heterocycles. The summed E-state index contributed by atoms with van der Waals surface area (Å²) >= 11 is 0. The van der Waals surface area contributed by atoms with Gasteiger partial charge in [0.2, 0.25) is 5.91 Å². The molecule has 1 aliphatic rings. The fraction of sp³-hybridized carbons (Fsp3) is 0.391. The van der Waals surface area contributed by atoms with Gasteiger partial charge in [0.15, 0.2) is 6.10 Å². The van der Waals surface area contributed by atoms with Crippen LogP contribution in [0.15, 0.2) is 48.9 Å². The summed E-state index contributed by atoms with van der Waals surface area (Å²) in [6.45, 7) is 3.75. The molecule has 13 heteroatoms. The molecule has 2 amide bonds. The summed E-state index contributed by atoms with van der Waals surface area (Å²) in [4.78, 5) is 57.7. The first-order valence-corrected chi connectivity index (χ1v) is 11.4. The summed E-state index contributed by atoms with van der Waals surface area (Å²) in [7, 11) is -1.38. The lowest BCUT2D eigenvalue weighted by atomic mass is 9.72. The number of carboxylic acid groups (broad SMARTS) is 1. The van der Waals surface area contributed by atoms with Crippen LogP contribution < -0.4 is 16.4 Å². The summed E-state index contributed by atoms with van der Waals surface area (Å²) in [6.07, 6.45) is 2.88. The molecular formula is C23H28BN5O7. The largest absolute Gasteiger partial charge is 0.552 e. The first-order valence-electron chi connectivity index (χ1n) is 11.4. The highest BCUT2D eigenvalue weighted by atomic mass is 16.6. The van der Waals surface area contributed by atoms with Crippen LogP contribution in [0.1, 0.15) is 36.3 Å². The van der Waals surface area contributed by atoms with Gasteiger partial charge in [0.1, 0.15) is 17.8 Å². The van der Waals surface area contributed by atoms with Gasteiger partial charge in [-0.1, -0.05) is 44.2 Å². The van der Waals surface area contributed by atoms with Crippen molar-refractivity contribution in [2.75, 3.05) is 0 Å². The Morgan fingerprint density at radius 2 is 1.89 bits per heavy atom. The quantitative estimate of drug-likeness (QED) is 0.319. The van der Waals surface area contributed by atoms with Crippen molar-refractivity contribution in [3.05, 3.63) is 60.2 Å². The number of carbonyl (C=O) groups excluding carboxylic acids is 3. The monoisotopic (exact) mass is 497 g/mol. The van der Waals surface area contributed by atoms with Crippen molar-refractivity contribution >= 4 is 30.9 Å². The van der Waals surface area contributed by atoms with E-state index in [2.05, 4.69) is 20.6 Å². The Labute approximate surface area is 208 Å². The first kappa shape index (κ1) is 26.8. The molecule has 0 aliphatic carbocycles. The second-order valence-corrected chi connectivity index (χ2v) is 8.78. The van der Waals surface area contributed by atoms with Crippen molar-refractivity contribution in [3.63, 3.8) is 0 Å². The molecule has 2 aromatic rings. The van der Waals surface area contributed by atoms with E-state index in [-0.39, 0.29) is 18.0 Å². The second-order valence-electron chi connectivity index (χ2n) is 8.78. The fourth-order valence-electron chi connectivity index (χ4n) is 3.70. The smallest absolute Gasteiger partial charge is 0.507 e. The normalized spacial score (nSPS) is 19.2. The van der Waals surface area contributed by atoms with Crippen LogP contribution in [0.2, 0.25) is 0 Å². The van der Waals surface area contributed by atoms with E-state index < -0.39 is 55.0 Å². The molecule has 1 fully saturated rings. The number of nitrogens with zero attached hydrogens (tertiary/aromatic N) is 2. The molecule has 2 heterocycles. The van der Waals surface area contributed by atoms with Crippen LogP contribution in [0.5, 0.6) is 0 Å². The van der Waals surface area contributed by atoms with Crippen molar-refractivity contribution < 1.29 is 33.6 Å². The summed E-state index contributed by atoms with van der Waals surface area (Å²) in [5, 5.41) is 14.8. The SMILES string of the molecule is CC(C)CC(NC(=O)C(Cc1ccccc1)NC(=O)c1cnccn1)B1OC(=O)[C@@H](N)[C@H](C(=O)O)O1. The standard InChI is InChI=1S/C23H28BN5O7/c1-13(2)10-17(24-35-19(22(32)33)18(25)23(34)36-24)29-20(30)15(11-14-6-4-3-5-7-14)28-21(31)16-12-26-8-9-27-16/h3-9,12-13,15,17-19H,10-11,25H2,1-2H3,(H,28,31)(H,29,30)(H,32,33)/t15?,17?,18-,19+/m0/s1. The van der Waals surface area contributed by atoms with E-state index in [9.17, 15) is 24.3 Å². The molecule has 3 rings (SSSR count). The number of hydrogen-bond acceptors (Lipinski definition) is 9. The second kappa shape index (κ2) is 12.2. The average Bonchev–Trinajstić information content (AvgIpc) is 2.85. The van der Waals surface area contributed by atoms with Gasteiger partial charge in [-0.05, 0) is 17.9 Å². The van der Waals surface area contributed by atoms with Gasteiger partial charge in [0, 0.05) is 18.8 Å². The van der Waals surface area contributed by atoms with Gasteiger partial charge in [-0.3, -0.25) is 19.4 Å². The van der Waals surface area contributed by atoms with Crippen LogP contribution in [0.25, 0.3) is 0 Å². The third-order valence-corrected chi connectivity index (χ3v) is 5.44. The van der Waals surface area contributed by atoms with Gasteiger partial charge in [-0.25, -0.2) is 9.78 Å². The van der Waals surface area contributed by atoms with Gasteiger partial charge in [0.25, 0.3) is 5.91 Å². The molecule has 0 saturated carbocycles. The zero-order chi connectivity index (χ0) is 26.2. The van der Waals surface area contributed by atoms with Gasteiger partial charge < -0.3 is 30.8 Å². The highest BCUT2D eigenvalue weighted by Crippen LogP contribution is 2.18. The van der Waals surface area contributed by atoms with Crippen molar-refractivity contribution in [2.45, 2.75) is 50.8 Å². The number of nitrogens with two attached hydrogens (primary N) is 1. The summed E-state index contributed by atoms with van der Waals surface area (Å²) in [6, 6.07) is 6.53.